The lowest BCUT2D eigenvalue weighted by molar-refractivity contribution is -0.125. The van der Waals surface area contributed by atoms with E-state index in [1.54, 1.807) is 6.20 Å². The summed E-state index contributed by atoms with van der Waals surface area (Å²) in [5.41, 5.74) is 4.80. The standard InChI is InChI=1S/C30H34N6O3/c1-22-18-24-8-6-12-31-28(24)29(30(22)39-21-27(38)32-19-23(2)37)35-14-7-13-34(16-17-35)20-25-11-15-36(33-25)26-9-4-3-5-10-26/h3-6,8-12,15,18H,7,13-14,16-17,19-21H2,1-2H3,(H,32,38). The van der Waals surface area contributed by atoms with Crippen molar-refractivity contribution in [2.45, 2.75) is 26.8 Å². The minimum atomic E-state index is -0.325. The van der Waals surface area contributed by atoms with Crippen LogP contribution in [-0.2, 0) is 16.1 Å². The van der Waals surface area contributed by atoms with Crippen LogP contribution in [0.1, 0.15) is 24.6 Å². The highest BCUT2D eigenvalue weighted by Crippen LogP contribution is 2.39. The third-order valence-corrected chi connectivity index (χ3v) is 6.85. The van der Waals surface area contributed by atoms with Gasteiger partial charge in [0.15, 0.2) is 6.61 Å². The van der Waals surface area contributed by atoms with Crippen molar-refractivity contribution in [3.63, 3.8) is 0 Å². The highest BCUT2D eigenvalue weighted by Gasteiger charge is 2.24. The van der Waals surface area contributed by atoms with Gasteiger partial charge in [-0.25, -0.2) is 4.68 Å². The maximum atomic E-state index is 12.3. The molecule has 4 aromatic rings. The van der Waals surface area contributed by atoms with Gasteiger partial charge in [0.05, 0.1) is 23.4 Å². The molecule has 9 heteroatoms. The maximum absolute atomic E-state index is 12.3. The normalized spacial score (nSPS) is 14.3. The van der Waals surface area contributed by atoms with Crippen LogP contribution in [0.5, 0.6) is 5.75 Å². The maximum Gasteiger partial charge on any atom is 0.258 e. The fourth-order valence-corrected chi connectivity index (χ4v) is 4.96. The third kappa shape index (κ3) is 6.43. The van der Waals surface area contributed by atoms with Crippen LogP contribution in [-0.4, -0.2) is 70.7 Å². The van der Waals surface area contributed by atoms with Crippen LogP contribution < -0.4 is 15.0 Å². The summed E-state index contributed by atoms with van der Waals surface area (Å²) in [5, 5.41) is 8.42. The Morgan fingerprint density at radius 1 is 1.03 bits per heavy atom. The van der Waals surface area contributed by atoms with E-state index >= 15 is 0 Å². The number of fused-ring (bicyclic) bond motifs is 1. The monoisotopic (exact) mass is 526 g/mol. The molecule has 2 aromatic carbocycles. The van der Waals surface area contributed by atoms with E-state index in [2.05, 4.69) is 27.2 Å². The van der Waals surface area contributed by atoms with Crippen LogP contribution in [0.25, 0.3) is 16.6 Å². The Morgan fingerprint density at radius 2 is 1.87 bits per heavy atom. The zero-order valence-electron chi connectivity index (χ0n) is 22.5. The van der Waals surface area contributed by atoms with Crippen LogP contribution in [0, 0.1) is 6.92 Å². The third-order valence-electron chi connectivity index (χ3n) is 6.85. The largest absolute Gasteiger partial charge is 0.481 e. The first-order valence-corrected chi connectivity index (χ1v) is 13.3. The van der Waals surface area contributed by atoms with E-state index in [1.165, 1.54) is 6.92 Å². The summed E-state index contributed by atoms with van der Waals surface area (Å²) in [6.45, 7) is 7.50. The number of rotatable bonds is 9. The van der Waals surface area contributed by atoms with Crippen molar-refractivity contribution in [3.8, 4) is 11.4 Å². The lowest BCUT2D eigenvalue weighted by atomic mass is 10.1. The number of amides is 1. The Labute approximate surface area is 228 Å². The first-order chi connectivity index (χ1) is 19.0. The van der Waals surface area contributed by atoms with Crippen molar-refractivity contribution in [2.75, 3.05) is 44.2 Å². The summed E-state index contributed by atoms with van der Waals surface area (Å²) >= 11 is 0. The Kier molecular flexibility index (Phi) is 8.17. The first-order valence-electron chi connectivity index (χ1n) is 13.3. The number of hydrogen-bond acceptors (Lipinski definition) is 7. The Bertz CT molecular complexity index is 1450. The molecule has 0 radical (unpaired) electrons. The summed E-state index contributed by atoms with van der Waals surface area (Å²) in [5.74, 6) is 0.235. The molecule has 2 aromatic heterocycles. The Hall–Kier alpha value is -4.24. The second-order valence-corrected chi connectivity index (χ2v) is 9.92. The zero-order chi connectivity index (χ0) is 27.2. The van der Waals surface area contributed by atoms with E-state index in [4.69, 9.17) is 14.8 Å². The number of ether oxygens (including phenoxy) is 1. The molecule has 1 aliphatic heterocycles. The first kappa shape index (κ1) is 26.4. The van der Waals surface area contributed by atoms with Gasteiger partial charge in [-0.1, -0.05) is 24.3 Å². The van der Waals surface area contributed by atoms with Crippen LogP contribution >= 0.6 is 0 Å². The van der Waals surface area contributed by atoms with Crippen molar-refractivity contribution >= 4 is 28.3 Å². The predicted molar refractivity (Wildman–Crippen MR) is 151 cm³/mol. The number of Topliss-reactive ketones (excluding diaryl/α,β-unsaturated/α-hetero) is 1. The van der Waals surface area contributed by atoms with Gasteiger partial charge in [-0.2, -0.15) is 5.10 Å². The Morgan fingerprint density at radius 3 is 2.69 bits per heavy atom. The van der Waals surface area contributed by atoms with Crippen molar-refractivity contribution in [1.82, 2.24) is 25.0 Å². The quantitative estimate of drug-likeness (QED) is 0.357. The molecular formula is C30H34N6O3. The number of nitrogens with one attached hydrogen (secondary N) is 1. The SMILES string of the molecule is CC(=O)CNC(=O)COc1c(C)cc2cccnc2c1N1CCCN(Cc2ccn(-c3ccccc3)n2)CC1. The number of para-hydroxylation sites is 1. The van der Waals surface area contributed by atoms with Gasteiger partial charge in [0.2, 0.25) is 0 Å². The molecule has 202 valence electrons. The minimum absolute atomic E-state index is 0.00113. The average Bonchev–Trinajstić information content (AvgIpc) is 3.29. The van der Waals surface area contributed by atoms with Gasteiger partial charge in [-0.15, -0.1) is 0 Å². The molecule has 0 aliphatic carbocycles. The van der Waals surface area contributed by atoms with Gasteiger partial charge in [0.25, 0.3) is 5.91 Å². The summed E-state index contributed by atoms with van der Waals surface area (Å²) < 4.78 is 8.02. The van der Waals surface area contributed by atoms with Crippen LogP contribution in [0.3, 0.4) is 0 Å². The number of nitrogens with zero attached hydrogens (tertiary/aromatic N) is 5. The highest BCUT2D eigenvalue weighted by atomic mass is 16.5. The number of carbonyl (C=O) groups is 2. The molecule has 0 spiro atoms. The molecule has 0 unspecified atom stereocenters. The van der Waals surface area contributed by atoms with Gasteiger partial charge in [-0.05, 0) is 56.2 Å². The van der Waals surface area contributed by atoms with E-state index < -0.39 is 0 Å². The molecule has 1 aliphatic rings. The molecule has 1 saturated heterocycles. The predicted octanol–water partition coefficient (Wildman–Crippen LogP) is 3.53. The number of pyridine rings is 1. The number of aromatic nitrogens is 3. The molecule has 0 atom stereocenters. The number of ketones is 1. The molecule has 0 saturated carbocycles. The fourth-order valence-electron chi connectivity index (χ4n) is 4.96. The van der Waals surface area contributed by atoms with Crippen molar-refractivity contribution < 1.29 is 14.3 Å². The fraction of sp³-hybridized carbons (Fsp3) is 0.333. The molecule has 0 bridgehead atoms. The van der Waals surface area contributed by atoms with E-state index in [9.17, 15) is 9.59 Å². The Balaban J connectivity index is 1.32. The number of hydrogen-bond donors (Lipinski definition) is 1. The van der Waals surface area contributed by atoms with Gasteiger partial charge >= 0.3 is 0 Å². The number of carbonyl (C=O) groups excluding carboxylic acids is 2. The molecule has 9 nitrogen and oxygen atoms in total. The average molecular weight is 527 g/mol. The summed E-state index contributed by atoms with van der Waals surface area (Å²) in [6.07, 6.45) is 4.77. The smallest absolute Gasteiger partial charge is 0.258 e. The number of benzene rings is 2. The van der Waals surface area contributed by atoms with Gasteiger partial charge < -0.3 is 15.0 Å². The summed E-state index contributed by atoms with van der Waals surface area (Å²) in [7, 11) is 0. The zero-order valence-corrected chi connectivity index (χ0v) is 22.5. The lowest BCUT2D eigenvalue weighted by Gasteiger charge is -2.27. The van der Waals surface area contributed by atoms with Crippen LogP contribution in [0.2, 0.25) is 0 Å². The summed E-state index contributed by atoms with van der Waals surface area (Å²) in [4.78, 5) is 33.0. The topological polar surface area (TPSA) is 92.6 Å². The molecule has 3 heterocycles. The van der Waals surface area contributed by atoms with E-state index in [0.29, 0.717) is 5.75 Å². The van der Waals surface area contributed by atoms with E-state index in [-0.39, 0.29) is 24.8 Å². The molecule has 5 rings (SSSR count). The second kappa shape index (κ2) is 12.1. The molecule has 1 amide bonds. The van der Waals surface area contributed by atoms with Crippen molar-refractivity contribution in [1.29, 1.82) is 0 Å². The number of aryl methyl sites for hydroxylation is 1. The van der Waals surface area contributed by atoms with Gasteiger partial charge in [-0.3, -0.25) is 19.5 Å². The van der Waals surface area contributed by atoms with E-state index in [1.807, 2.05) is 60.3 Å². The van der Waals surface area contributed by atoms with E-state index in [0.717, 1.165) is 72.7 Å². The highest BCUT2D eigenvalue weighted by molar-refractivity contribution is 5.96. The van der Waals surface area contributed by atoms with Crippen molar-refractivity contribution in [2.24, 2.45) is 0 Å². The molecule has 1 N–H and O–H groups in total. The molecule has 1 fully saturated rings. The molecule has 39 heavy (non-hydrogen) atoms. The minimum Gasteiger partial charge on any atom is -0.481 e. The molecular weight excluding hydrogens is 492 g/mol. The van der Waals surface area contributed by atoms with Gasteiger partial charge in [0.1, 0.15) is 17.2 Å². The van der Waals surface area contributed by atoms with Gasteiger partial charge in [0, 0.05) is 50.5 Å². The van der Waals surface area contributed by atoms with Crippen LogP contribution in [0.15, 0.2) is 67.0 Å². The second-order valence-electron chi connectivity index (χ2n) is 9.92. The lowest BCUT2D eigenvalue weighted by Crippen LogP contribution is -2.33. The van der Waals surface area contributed by atoms with Crippen LogP contribution in [0.4, 0.5) is 5.69 Å². The number of anilines is 1. The van der Waals surface area contributed by atoms with Crippen molar-refractivity contribution in [3.05, 3.63) is 78.2 Å². The summed E-state index contributed by atoms with van der Waals surface area (Å²) in [6, 6.07) is 18.2.